The fourth-order valence-electron chi connectivity index (χ4n) is 3.13. The first-order valence-corrected chi connectivity index (χ1v) is 8.98. The van der Waals surface area contributed by atoms with Crippen LogP contribution in [0.2, 0.25) is 5.02 Å². The average Bonchev–Trinajstić information content (AvgIpc) is 2.90. The lowest BCUT2D eigenvalue weighted by Crippen LogP contribution is -2.41. The van der Waals surface area contributed by atoms with Gasteiger partial charge in [0.25, 0.3) is 5.56 Å². The van der Waals surface area contributed by atoms with E-state index in [0.717, 1.165) is 15.8 Å². The van der Waals surface area contributed by atoms with E-state index in [4.69, 9.17) is 11.6 Å². The van der Waals surface area contributed by atoms with Crippen molar-refractivity contribution in [2.24, 2.45) is 7.05 Å². The van der Waals surface area contributed by atoms with Gasteiger partial charge in [-0.25, -0.2) is 4.79 Å². The number of anilines is 1. The van der Waals surface area contributed by atoms with Crippen LogP contribution in [0.1, 0.15) is 18.2 Å². The topological polar surface area (TPSA) is 78.0 Å². The molecule has 0 fully saturated rings. The van der Waals surface area contributed by atoms with Gasteiger partial charge in [0.2, 0.25) is 5.91 Å². The summed E-state index contributed by atoms with van der Waals surface area (Å²) < 4.78 is 4.21. The standard InChI is InChI=1S/C19H21ClN4O3/c1-5-23-18(26)17-15(8-12(3)22(17)4)24(19(23)27)10-16(25)21-14-9-13(20)7-6-11(14)2/h6-9H,5,10H2,1-4H3,(H,21,25). The highest BCUT2D eigenvalue weighted by atomic mass is 35.5. The fraction of sp³-hybridized carbons (Fsp3) is 0.316. The van der Waals surface area contributed by atoms with Crippen LogP contribution < -0.4 is 16.6 Å². The molecule has 0 radical (unpaired) electrons. The number of rotatable bonds is 4. The van der Waals surface area contributed by atoms with Crippen molar-refractivity contribution in [3.63, 3.8) is 0 Å². The zero-order chi connectivity index (χ0) is 19.9. The molecule has 142 valence electrons. The van der Waals surface area contributed by atoms with Crippen LogP contribution in [0.3, 0.4) is 0 Å². The molecule has 0 atom stereocenters. The zero-order valence-electron chi connectivity index (χ0n) is 15.7. The Hall–Kier alpha value is -2.80. The first kappa shape index (κ1) is 19.0. The summed E-state index contributed by atoms with van der Waals surface area (Å²) in [4.78, 5) is 38.0. The van der Waals surface area contributed by atoms with Crippen LogP contribution in [-0.2, 0) is 24.9 Å². The molecule has 1 amide bonds. The number of nitrogens with one attached hydrogen (secondary N) is 1. The Morgan fingerprint density at radius 1 is 1.15 bits per heavy atom. The van der Waals surface area contributed by atoms with E-state index in [1.165, 1.54) is 4.57 Å². The molecule has 1 aromatic carbocycles. The van der Waals surface area contributed by atoms with Gasteiger partial charge in [0.15, 0.2) is 0 Å². The number of aryl methyl sites for hydroxylation is 3. The summed E-state index contributed by atoms with van der Waals surface area (Å²) in [5.74, 6) is -0.369. The number of hydrogen-bond donors (Lipinski definition) is 1. The van der Waals surface area contributed by atoms with E-state index in [2.05, 4.69) is 5.32 Å². The van der Waals surface area contributed by atoms with Crippen LogP contribution in [-0.4, -0.2) is 19.6 Å². The Balaban J connectivity index is 2.08. The number of hydrogen-bond acceptors (Lipinski definition) is 3. The molecule has 8 heteroatoms. The molecule has 3 aromatic rings. The van der Waals surface area contributed by atoms with Crippen LogP contribution in [0.5, 0.6) is 0 Å². The Kier molecular flexibility index (Phi) is 4.97. The van der Waals surface area contributed by atoms with E-state index in [0.29, 0.717) is 21.7 Å². The molecule has 27 heavy (non-hydrogen) atoms. The van der Waals surface area contributed by atoms with Gasteiger partial charge in [-0.1, -0.05) is 17.7 Å². The molecule has 2 heterocycles. The van der Waals surface area contributed by atoms with Crippen molar-refractivity contribution in [2.75, 3.05) is 5.32 Å². The molecule has 0 aliphatic heterocycles. The molecule has 0 saturated heterocycles. The third kappa shape index (κ3) is 3.30. The minimum Gasteiger partial charge on any atom is -0.342 e. The highest BCUT2D eigenvalue weighted by Gasteiger charge is 2.18. The molecule has 2 aromatic heterocycles. The van der Waals surface area contributed by atoms with Crippen LogP contribution in [0.4, 0.5) is 5.69 Å². The summed E-state index contributed by atoms with van der Waals surface area (Å²) in [6, 6.07) is 6.95. The molecule has 0 unspecified atom stereocenters. The third-order valence-corrected chi connectivity index (χ3v) is 4.98. The summed E-state index contributed by atoms with van der Waals surface area (Å²) in [5, 5.41) is 3.30. The normalized spacial score (nSPS) is 11.1. The van der Waals surface area contributed by atoms with Gasteiger partial charge in [-0.05, 0) is 44.5 Å². The molecule has 0 saturated carbocycles. The second-order valence-corrected chi connectivity index (χ2v) is 6.94. The van der Waals surface area contributed by atoms with E-state index >= 15 is 0 Å². The van der Waals surface area contributed by atoms with Gasteiger partial charge < -0.3 is 9.88 Å². The number of nitrogens with zero attached hydrogens (tertiary/aromatic N) is 3. The van der Waals surface area contributed by atoms with Gasteiger partial charge in [-0.15, -0.1) is 0 Å². The lowest BCUT2D eigenvalue weighted by Gasteiger charge is -2.13. The van der Waals surface area contributed by atoms with E-state index in [9.17, 15) is 14.4 Å². The highest BCUT2D eigenvalue weighted by molar-refractivity contribution is 6.31. The number of carbonyl (C=O) groups excluding carboxylic acids is 1. The van der Waals surface area contributed by atoms with Gasteiger partial charge in [-0.3, -0.25) is 18.7 Å². The Morgan fingerprint density at radius 3 is 2.52 bits per heavy atom. The first-order chi connectivity index (χ1) is 12.7. The van der Waals surface area contributed by atoms with Crippen molar-refractivity contribution in [3.8, 4) is 0 Å². The lowest BCUT2D eigenvalue weighted by atomic mass is 10.2. The number of halogens is 1. The van der Waals surface area contributed by atoms with Gasteiger partial charge in [-0.2, -0.15) is 0 Å². The molecular weight excluding hydrogens is 368 g/mol. The Bertz CT molecular complexity index is 1170. The zero-order valence-corrected chi connectivity index (χ0v) is 16.4. The molecule has 7 nitrogen and oxygen atoms in total. The quantitative estimate of drug-likeness (QED) is 0.745. The number of carbonyl (C=O) groups is 1. The Morgan fingerprint density at radius 2 is 1.85 bits per heavy atom. The monoisotopic (exact) mass is 388 g/mol. The van der Waals surface area contributed by atoms with Crippen molar-refractivity contribution in [1.29, 1.82) is 0 Å². The predicted molar refractivity (Wildman–Crippen MR) is 107 cm³/mol. The molecule has 1 N–H and O–H groups in total. The maximum atomic E-state index is 12.8. The summed E-state index contributed by atoms with van der Waals surface area (Å²) in [6.07, 6.45) is 0. The van der Waals surface area contributed by atoms with Crippen molar-refractivity contribution in [2.45, 2.75) is 33.9 Å². The van der Waals surface area contributed by atoms with E-state index < -0.39 is 5.69 Å². The van der Waals surface area contributed by atoms with Gasteiger partial charge in [0, 0.05) is 30.0 Å². The van der Waals surface area contributed by atoms with Crippen molar-refractivity contribution >= 4 is 34.2 Å². The van der Waals surface area contributed by atoms with Crippen LogP contribution in [0.25, 0.3) is 11.0 Å². The average molecular weight is 389 g/mol. The van der Waals surface area contributed by atoms with E-state index in [-0.39, 0.29) is 24.6 Å². The van der Waals surface area contributed by atoms with E-state index in [1.807, 2.05) is 13.8 Å². The molecular formula is C19H21ClN4O3. The predicted octanol–water partition coefficient (Wildman–Crippen LogP) is 2.43. The number of amides is 1. The number of aromatic nitrogens is 3. The van der Waals surface area contributed by atoms with Crippen LogP contribution >= 0.6 is 11.6 Å². The largest absolute Gasteiger partial charge is 0.342 e. The molecule has 0 bridgehead atoms. The third-order valence-electron chi connectivity index (χ3n) is 4.74. The maximum Gasteiger partial charge on any atom is 0.332 e. The summed E-state index contributed by atoms with van der Waals surface area (Å²) in [6.45, 7) is 5.45. The highest BCUT2D eigenvalue weighted by Crippen LogP contribution is 2.20. The second-order valence-electron chi connectivity index (χ2n) is 6.50. The first-order valence-electron chi connectivity index (χ1n) is 8.60. The molecule has 0 spiro atoms. The maximum absolute atomic E-state index is 12.8. The van der Waals surface area contributed by atoms with Gasteiger partial charge >= 0.3 is 5.69 Å². The van der Waals surface area contributed by atoms with E-state index in [1.54, 1.807) is 42.8 Å². The number of fused-ring (bicyclic) bond motifs is 1. The smallest absolute Gasteiger partial charge is 0.332 e. The van der Waals surface area contributed by atoms with Gasteiger partial charge in [0.05, 0.1) is 5.52 Å². The molecule has 0 aliphatic rings. The SMILES string of the molecule is CCn1c(=O)c2c(cc(C)n2C)n(CC(=O)Nc2cc(Cl)ccc2C)c1=O. The van der Waals surface area contributed by atoms with Crippen molar-refractivity contribution in [3.05, 3.63) is 61.4 Å². The van der Waals surface area contributed by atoms with Crippen molar-refractivity contribution in [1.82, 2.24) is 13.7 Å². The van der Waals surface area contributed by atoms with Crippen LogP contribution in [0, 0.1) is 13.8 Å². The van der Waals surface area contributed by atoms with Crippen LogP contribution in [0.15, 0.2) is 33.9 Å². The fourth-order valence-corrected chi connectivity index (χ4v) is 3.30. The lowest BCUT2D eigenvalue weighted by molar-refractivity contribution is -0.116. The second kappa shape index (κ2) is 7.08. The molecule has 3 rings (SSSR count). The van der Waals surface area contributed by atoms with Crippen molar-refractivity contribution < 1.29 is 4.79 Å². The number of benzene rings is 1. The summed E-state index contributed by atoms with van der Waals surface area (Å²) in [5.41, 5.74) is 2.28. The minimum atomic E-state index is -0.501. The molecule has 0 aliphatic carbocycles. The van der Waals surface area contributed by atoms with Gasteiger partial charge in [0.1, 0.15) is 12.1 Å². The summed E-state index contributed by atoms with van der Waals surface area (Å²) in [7, 11) is 1.77. The minimum absolute atomic E-state index is 0.203. The Labute approximate surface area is 160 Å². The summed E-state index contributed by atoms with van der Waals surface area (Å²) >= 11 is 5.99.